The maximum Gasteiger partial charge on any atom is 0.333 e. The summed E-state index contributed by atoms with van der Waals surface area (Å²) in [4.78, 5) is 0. The van der Waals surface area contributed by atoms with E-state index in [2.05, 4.69) is 18.9 Å². The van der Waals surface area contributed by atoms with Crippen molar-refractivity contribution in [1.82, 2.24) is 9.78 Å². The van der Waals surface area contributed by atoms with Crippen molar-refractivity contribution in [3.05, 3.63) is 36.2 Å². The van der Waals surface area contributed by atoms with Gasteiger partial charge in [-0.2, -0.15) is 13.9 Å². The number of alkyl halides is 2. The highest BCUT2D eigenvalue weighted by atomic mass is 19.3. The molecule has 0 radical (unpaired) electrons. The van der Waals surface area contributed by atoms with Crippen LogP contribution >= 0.6 is 0 Å². The van der Waals surface area contributed by atoms with Crippen LogP contribution in [0.25, 0.3) is 11.1 Å². The molecule has 0 atom stereocenters. The molecular formula is C14H16F2N2O. The average molecular weight is 266 g/mol. The zero-order valence-corrected chi connectivity index (χ0v) is 11.1. The summed E-state index contributed by atoms with van der Waals surface area (Å²) in [5.41, 5.74) is 2.53. The Morgan fingerprint density at radius 3 is 2.53 bits per heavy atom. The average Bonchev–Trinajstić information content (AvgIpc) is 2.87. The van der Waals surface area contributed by atoms with E-state index in [1.807, 2.05) is 18.2 Å². The van der Waals surface area contributed by atoms with Crippen LogP contribution in [-0.4, -0.2) is 16.9 Å². The van der Waals surface area contributed by atoms with Crippen molar-refractivity contribution >= 4 is 0 Å². The number of hydrogen-bond donors (Lipinski definition) is 0. The number of hydrogen-bond acceptors (Lipinski definition) is 2. The summed E-state index contributed by atoms with van der Waals surface area (Å²) in [6.07, 6.45) is 2.75. The van der Waals surface area contributed by atoms with E-state index < -0.39 is 6.55 Å². The lowest BCUT2D eigenvalue weighted by atomic mass is 9.98. The third-order valence-electron chi connectivity index (χ3n) is 3.00. The number of benzene rings is 1. The van der Waals surface area contributed by atoms with Gasteiger partial charge in [0.2, 0.25) is 0 Å². The zero-order chi connectivity index (χ0) is 14.0. The van der Waals surface area contributed by atoms with Gasteiger partial charge in [0.1, 0.15) is 5.75 Å². The highest BCUT2D eigenvalue weighted by Gasteiger charge is 2.13. The highest BCUT2D eigenvalue weighted by molar-refractivity contribution is 5.70. The normalized spacial score (nSPS) is 11.3. The number of halogens is 2. The molecule has 1 heterocycles. The molecule has 2 aromatic rings. The Balaban J connectivity index is 2.48. The van der Waals surface area contributed by atoms with Crippen molar-refractivity contribution in [2.24, 2.45) is 0 Å². The largest absolute Gasteiger partial charge is 0.496 e. The van der Waals surface area contributed by atoms with E-state index in [-0.39, 0.29) is 0 Å². The lowest BCUT2D eigenvalue weighted by Crippen LogP contribution is -1.97. The highest BCUT2D eigenvalue weighted by Crippen LogP contribution is 2.33. The van der Waals surface area contributed by atoms with Gasteiger partial charge in [0.25, 0.3) is 0 Å². The molecule has 0 bridgehead atoms. The fraction of sp³-hybridized carbons (Fsp3) is 0.357. The summed E-state index contributed by atoms with van der Waals surface area (Å²) < 4.78 is 31.0. The third kappa shape index (κ3) is 2.75. The molecule has 1 aromatic heterocycles. The molecule has 2 rings (SSSR count). The quantitative estimate of drug-likeness (QED) is 0.833. The zero-order valence-electron chi connectivity index (χ0n) is 11.1. The van der Waals surface area contributed by atoms with E-state index in [1.54, 1.807) is 7.11 Å². The first-order chi connectivity index (χ1) is 9.02. The molecular weight excluding hydrogens is 250 g/mol. The molecule has 3 nitrogen and oxygen atoms in total. The number of methoxy groups -OCH3 is 1. The lowest BCUT2D eigenvalue weighted by Gasteiger charge is -2.11. The molecule has 0 spiro atoms. The van der Waals surface area contributed by atoms with Crippen LogP contribution in [0.5, 0.6) is 5.75 Å². The van der Waals surface area contributed by atoms with Crippen LogP contribution in [-0.2, 0) is 0 Å². The van der Waals surface area contributed by atoms with Gasteiger partial charge in [0.05, 0.1) is 13.3 Å². The monoisotopic (exact) mass is 266 g/mol. The molecule has 19 heavy (non-hydrogen) atoms. The first-order valence-electron chi connectivity index (χ1n) is 6.03. The molecule has 0 aliphatic heterocycles. The molecule has 1 aromatic carbocycles. The fourth-order valence-corrected chi connectivity index (χ4v) is 1.89. The molecule has 0 N–H and O–H groups in total. The Labute approximate surface area is 110 Å². The van der Waals surface area contributed by atoms with Crippen LogP contribution in [0.15, 0.2) is 30.6 Å². The molecule has 0 saturated heterocycles. The van der Waals surface area contributed by atoms with E-state index in [0.29, 0.717) is 21.9 Å². The summed E-state index contributed by atoms with van der Waals surface area (Å²) in [5, 5.41) is 3.65. The number of rotatable bonds is 4. The second-order valence-electron chi connectivity index (χ2n) is 4.60. The van der Waals surface area contributed by atoms with Crippen LogP contribution in [0.3, 0.4) is 0 Å². The van der Waals surface area contributed by atoms with Gasteiger partial charge in [-0.3, -0.25) is 0 Å². The maximum atomic E-state index is 12.6. The van der Waals surface area contributed by atoms with Crippen molar-refractivity contribution in [3.63, 3.8) is 0 Å². The number of aromatic nitrogens is 2. The molecule has 0 aliphatic rings. The summed E-state index contributed by atoms with van der Waals surface area (Å²) in [7, 11) is 1.56. The van der Waals surface area contributed by atoms with E-state index in [9.17, 15) is 8.78 Å². The summed E-state index contributed by atoms with van der Waals surface area (Å²) in [5.74, 6) is 1.01. The second-order valence-corrected chi connectivity index (χ2v) is 4.60. The first kappa shape index (κ1) is 13.5. The van der Waals surface area contributed by atoms with Crippen LogP contribution < -0.4 is 4.74 Å². The van der Waals surface area contributed by atoms with Crippen molar-refractivity contribution < 1.29 is 13.5 Å². The van der Waals surface area contributed by atoms with Gasteiger partial charge in [0.15, 0.2) is 0 Å². The van der Waals surface area contributed by atoms with Crippen molar-refractivity contribution in [2.75, 3.05) is 7.11 Å². The predicted molar refractivity (Wildman–Crippen MR) is 69.6 cm³/mol. The van der Waals surface area contributed by atoms with Gasteiger partial charge in [-0.25, -0.2) is 4.68 Å². The van der Waals surface area contributed by atoms with Gasteiger partial charge in [0, 0.05) is 17.3 Å². The molecule has 0 amide bonds. The second kappa shape index (κ2) is 5.38. The van der Waals surface area contributed by atoms with Crippen molar-refractivity contribution in [2.45, 2.75) is 26.3 Å². The molecule has 0 fully saturated rings. The van der Waals surface area contributed by atoms with Gasteiger partial charge < -0.3 is 4.74 Å². The smallest absolute Gasteiger partial charge is 0.333 e. The molecule has 0 unspecified atom stereocenters. The van der Waals surface area contributed by atoms with Gasteiger partial charge in [-0.15, -0.1) is 0 Å². The summed E-state index contributed by atoms with van der Waals surface area (Å²) in [6, 6.07) is 5.78. The van der Waals surface area contributed by atoms with E-state index in [0.717, 1.165) is 11.1 Å². The van der Waals surface area contributed by atoms with Crippen LogP contribution in [0.4, 0.5) is 8.78 Å². The Morgan fingerprint density at radius 2 is 2.00 bits per heavy atom. The predicted octanol–water partition coefficient (Wildman–Crippen LogP) is 4.08. The van der Waals surface area contributed by atoms with Crippen LogP contribution in [0, 0.1) is 0 Å². The standard InChI is InChI=1S/C14H16F2N2O/c1-9(2)10-4-5-13(19-3)12(6-10)11-7-17-18(8-11)14(15)16/h4-9,14H,1-3H3. The first-order valence-corrected chi connectivity index (χ1v) is 6.03. The Hall–Kier alpha value is -1.91. The molecule has 0 saturated carbocycles. The summed E-state index contributed by atoms with van der Waals surface area (Å²) in [6.45, 7) is 1.52. The van der Waals surface area contributed by atoms with Gasteiger partial charge in [-0.05, 0) is 23.6 Å². The van der Waals surface area contributed by atoms with Gasteiger partial charge in [-0.1, -0.05) is 19.9 Å². The number of nitrogens with zero attached hydrogens (tertiary/aromatic N) is 2. The molecule has 0 aliphatic carbocycles. The van der Waals surface area contributed by atoms with E-state index in [4.69, 9.17) is 4.74 Å². The molecule has 5 heteroatoms. The lowest BCUT2D eigenvalue weighted by molar-refractivity contribution is 0.0566. The SMILES string of the molecule is COc1ccc(C(C)C)cc1-c1cnn(C(F)F)c1. The topological polar surface area (TPSA) is 27.1 Å². The third-order valence-corrected chi connectivity index (χ3v) is 3.00. The minimum atomic E-state index is -2.63. The summed E-state index contributed by atoms with van der Waals surface area (Å²) >= 11 is 0. The van der Waals surface area contributed by atoms with Crippen molar-refractivity contribution in [3.8, 4) is 16.9 Å². The van der Waals surface area contributed by atoms with E-state index >= 15 is 0 Å². The van der Waals surface area contributed by atoms with Crippen molar-refractivity contribution in [1.29, 1.82) is 0 Å². The van der Waals surface area contributed by atoms with E-state index in [1.165, 1.54) is 12.4 Å². The minimum Gasteiger partial charge on any atom is -0.496 e. The molecule has 102 valence electrons. The maximum absolute atomic E-state index is 12.6. The Bertz CT molecular complexity index is 564. The Morgan fingerprint density at radius 1 is 1.26 bits per heavy atom. The number of ether oxygens (including phenoxy) is 1. The van der Waals surface area contributed by atoms with Crippen LogP contribution in [0.2, 0.25) is 0 Å². The minimum absolute atomic E-state index is 0.356. The fourth-order valence-electron chi connectivity index (χ4n) is 1.89. The van der Waals surface area contributed by atoms with Crippen LogP contribution in [0.1, 0.15) is 31.9 Å². The van der Waals surface area contributed by atoms with Gasteiger partial charge >= 0.3 is 6.55 Å². The Kier molecular flexibility index (Phi) is 3.83.